The summed E-state index contributed by atoms with van der Waals surface area (Å²) in [5, 5.41) is 2.19. The van der Waals surface area contributed by atoms with Gasteiger partial charge in [0.2, 0.25) is 0 Å². The lowest BCUT2D eigenvalue weighted by molar-refractivity contribution is -0.136. The molecule has 2 rings (SSSR count). The molecular weight excluding hydrogens is 348 g/mol. The summed E-state index contributed by atoms with van der Waals surface area (Å²) in [5.41, 5.74) is 0. The normalized spacial score (nSPS) is 12.9. The molecular formula is C19H24O4Si2. The van der Waals surface area contributed by atoms with Crippen molar-refractivity contribution in [3.63, 3.8) is 0 Å². The van der Waals surface area contributed by atoms with Crippen LogP contribution in [0, 0.1) is 0 Å². The van der Waals surface area contributed by atoms with Gasteiger partial charge >= 0.3 is 0 Å². The lowest BCUT2D eigenvalue weighted by Gasteiger charge is -2.13. The Balaban J connectivity index is 1.67. The Bertz CT molecular complexity index is 617. The molecule has 0 amide bonds. The molecule has 2 aromatic rings. The highest BCUT2D eigenvalue weighted by Gasteiger charge is 2.16. The van der Waals surface area contributed by atoms with E-state index in [0.717, 1.165) is 10.4 Å². The largest absolute Gasteiger partial charge is 0.518 e. The Morgan fingerprint density at radius 1 is 0.720 bits per heavy atom. The zero-order valence-corrected chi connectivity index (χ0v) is 17.0. The van der Waals surface area contributed by atoms with Gasteiger partial charge in [-0.3, -0.25) is 9.59 Å². The summed E-state index contributed by atoms with van der Waals surface area (Å²) in [6.45, 7) is 3.96. The van der Waals surface area contributed by atoms with E-state index in [0.29, 0.717) is 6.42 Å². The molecule has 0 fully saturated rings. The van der Waals surface area contributed by atoms with E-state index >= 15 is 0 Å². The van der Waals surface area contributed by atoms with Crippen LogP contribution in [-0.4, -0.2) is 30.0 Å². The van der Waals surface area contributed by atoms with E-state index in [9.17, 15) is 9.59 Å². The molecule has 0 saturated carbocycles. The number of rotatable bonds is 8. The van der Waals surface area contributed by atoms with E-state index in [2.05, 4.69) is 0 Å². The molecule has 2 atom stereocenters. The van der Waals surface area contributed by atoms with Gasteiger partial charge in [0, 0.05) is 12.8 Å². The third-order valence-corrected chi connectivity index (χ3v) is 7.80. The van der Waals surface area contributed by atoms with Gasteiger partial charge in [0.05, 0.1) is 0 Å². The Morgan fingerprint density at radius 3 is 1.44 bits per heavy atom. The summed E-state index contributed by atoms with van der Waals surface area (Å²) >= 11 is 0. The van der Waals surface area contributed by atoms with Crippen molar-refractivity contribution in [1.82, 2.24) is 0 Å². The Kier molecular flexibility index (Phi) is 7.62. The van der Waals surface area contributed by atoms with Gasteiger partial charge in [-0.2, -0.15) is 0 Å². The molecule has 0 heterocycles. The monoisotopic (exact) mass is 372 g/mol. The van der Waals surface area contributed by atoms with E-state index in [4.69, 9.17) is 8.85 Å². The van der Waals surface area contributed by atoms with E-state index in [1.807, 2.05) is 73.8 Å². The van der Waals surface area contributed by atoms with E-state index in [-0.39, 0.29) is 24.8 Å². The van der Waals surface area contributed by atoms with Crippen LogP contribution in [0.15, 0.2) is 60.7 Å². The van der Waals surface area contributed by atoms with Gasteiger partial charge in [-0.05, 0) is 29.9 Å². The molecule has 0 N–H and O–H groups in total. The molecule has 132 valence electrons. The molecule has 2 unspecified atom stereocenters. The molecule has 0 radical (unpaired) electrons. The Hall–Kier alpha value is -2.19. The van der Waals surface area contributed by atoms with Gasteiger partial charge in [0.25, 0.3) is 30.0 Å². The number of carbonyl (C=O) groups excluding carboxylic acids is 2. The number of carbonyl (C=O) groups is 2. The molecule has 0 aromatic heterocycles. The van der Waals surface area contributed by atoms with Gasteiger partial charge in [0.15, 0.2) is 0 Å². The lowest BCUT2D eigenvalue weighted by atomic mass is 10.2. The predicted octanol–water partition coefficient (Wildman–Crippen LogP) is 1.76. The standard InChI is InChI=1S/C19H24O4Si2/c1-24(16-10-5-3-6-11-16)22-18(20)14-9-15-19(21)23-25(2)17-12-7-4-8-13-17/h3-8,10-13,24-25H,9,14-15H2,1-2H3. The zero-order valence-electron chi connectivity index (χ0n) is 14.7. The number of hydrogen-bond donors (Lipinski definition) is 0. The molecule has 6 heteroatoms. The second-order valence-electron chi connectivity index (χ2n) is 5.94. The summed E-state index contributed by atoms with van der Waals surface area (Å²) < 4.78 is 11.1. The maximum atomic E-state index is 11.9. The number of hydrogen-bond acceptors (Lipinski definition) is 4. The predicted molar refractivity (Wildman–Crippen MR) is 104 cm³/mol. The minimum absolute atomic E-state index is 0.232. The first-order chi connectivity index (χ1) is 12.1. The summed E-state index contributed by atoms with van der Waals surface area (Å²) in [6, 6.07) is 19.6. The van der Waals surface area contributed by atoms with Crippen LogP contribution in [-0.2, 0) is 18.4 Å². The Labute approximate surface area is 152 Å². The molecule has 0 aliphatic carbocycles. The molecule has 0 spiro atoms. The maximum Gasteiger partial charge on any atom is 0.292 e. The molecule has 0 bridgehead atoms. The lowest BCUT2D eigenvalue weighted by Crippen LogP contribution is -2.33. The fourth-order valence-corrected chi connectivity index (χ4v) is 5.30. The van der Waals surface area contributed by atoms with Crippen LogP contribution in [0.4, 0.5) is 0 Å². The van der Waals surface area contributed by atoms with Gasteiger partial charge in [-0.1, -0.05) is 60.7 Å². The zero-order chi connectivity index (χ0) is 18.1. The average molecular weight is 373 g/mol. The summed E-state index contributed by atoms with van der Waals surface area (Å²) in [7, 11) is -3.42. The van der Waals surface area contributed by atoms with E-state index in [1.165, 1.54) is 0 Å². The van der Waals surface area contributed by atoms with Crippen molar-refractivity contribution < 1.29 is 18.4 Å². The highest BCUT2D eigenvalue weighted by atomic mass is 28.3. The fourth-order valence-electron chi connectivity index (χ4n) is 2.47. The highest BCUT2D eigenvalue weighted by Crippen LogP contribution is 2.03. The van der Waals surface area contributed by atoms with Crippen molar-refractivity contribution in [2.24, 2.45) is 0 Å². The first-order valence-electron chi connectivity index (χ1n) is 8.55. The minimum atomic E-state index is -1.71. The minimum Gasteiger partial charge on any atom is -0.518 e. The van der Waals surface area contributed by atoms with Crippen LogP contribution in [0.5, 0.6) is 0 Å². The highest BCUT2D eigenvalue weighted by molar-refractivity contribution is 6.67. The van der Waals surface area contributed by atoms with Crippen LogP contribution < -0.4 is 10.4 Å². The van der Waals surface area contributed by atoms with Crippen LogP contribution in [0.3, 0.4) is 0 Å². The summed E-state index contributed by atoms with van der Waals surface area (Å²) in [6.07, 6.45) is 0.963. The van der Waals surface area contributed by atoms with Crippen LogP contribution >= 0.6 is 0 Å². The second-order valence-corrected chi connectivity index (χ2v) is 10.3. The van der Waals surface area contributed by atoms with Crippen molar-refractivity contribution in [2.45, 2.75) is 32.4 Å². The van der Waals surface area contributed by atoms with Crippen LogP contribution in [0.2, 0.25) is 13.1 Å². The van der Waals surface area contributed by atoms with Crippen molar-refractivity contribution >= 4 is 40.4 Å². The third kappa shape index (κ3) is 6.68. The van der Waals surface area contributed by atoms with Crippen LogP contribution in [0.25, 0.3) is 0 Å². The summed E-state index contributed by atoms with van der Waals surface area (Å²) in [5.74, 6) is -0.464. The first kappa shape index (κ1) is 19.1. The summed E-state index contributed by atoms with van der Waals surface area (Å²) in [4.78, 5) is 23.8. The van der Waals surface area contributed by atoms with Gasteiger partial charge in [-0.25, -0.2) is 0 Å². The fraction of sp³-hybridized carbons (Fsp3) is 0.263. The first-order valence-corrected chi connectivity index (χ1v) is 13.0. The topological polar surface area (TPSA) is 52.6 Å². The maximum absolute atomic E-state index is 11.9. The third-order valence-electron chi connectivity index (χ3n) is 3.92. The van der Waals surface area contributed by atoms with E-state index < -0.39 is 18.1 Å². The SMILES string of the molecule is C[SiH](OC(=O)CCCC(=O)O[SiH](C)c1ccccc1)c1ccccc1. The van der Waals surface area contributed by atoms with Crippen molar-refractivity contribution in [3.05, 3.63) is 60.7 Å². The molecule has 2 aromatic carbocycles. The average Bonchev–Trinajstić information content (AvgIpc) is 2.63. The Morgan fingerprint density at radius 2 is 1.08 bits per heavy atom. The van der Waals surface area contributed by atoms with Gasteiger partial charge in [-0.15, -0.1) is 0 Å². The van der Waals surface area contributed by atoms with Crippen molar-refractivity contribution in [3.8, 4) is 0 Å². The van der Waals surface area contributed by atoms with E-state index in [1.54, 1.807) is 0 Å². The van der Waals surface area contributed by atoms with Gasteiger partial charge in [0.1, 0.15) is 0 Å². The molecule has 4 nitrogen and oxygen atoms in total. The molecule has 25 heavy (non-hydrogen) atoms. The van der Waals surface area contributed by atoms with Crippen molar-refractivity contribution in [2.75, 3.05) is 0 Å². The smallest absolute Gasteiger partial charge is 0.292 e. The molecule has 0 saturated heterocycles. The van der Waals surface area contributed by atoms with Crippen LogP contribution in [0.1, 0.15) is 19.3 Å². The molecule has 0 aliphatic rings. The molecule has 0 aliphatic heterocycles. The quantitative estimate of drug-likeness (QED) is 0.663. The van der Waals surface area contributed by atoms with Gasteiger partial charge < -0.3 is 8.85 Å². The van der Waals surface area contributed by atoms with Crippen molar-refractivity contribution in [1.29, 1.82) is 0 Å². The number of benzene rings is 2. The second kappa shape index (κ2) is 9.95.